The highest BCUT2D eigenvalue weighted by Gasteiger charge is 2.38. The molecule has 1 heterocycles. The lowest BCUT2D eigenvalue weighted by molar-refractivity contribution is -0.158. The summed E-state index contributed by atoms with van der Waals surface area (Å²) in [6.07, 6.45) is 0. The quantitative estimate of drug-likeness (QED) is 0.541. The average molecular weight is 284 g/mol. The second kappa shape index (κ2) is 7.18. The van der Waals surface area contributed by atoms with E-state index < -0.39 is 11.4 Å². The minimum absolute atomic E-state index is 0.0612. The van der Waals surface area contributed by atoms with E-state index in [4.69, 9.17) is 4.74 Å². The molecule has 0 saturated carbocycles. The van der Waals surface area contributed by atoms with Crippen molar-refractivity contribution in [2.24, 2.45) is 5.41 Å². The summed E-state index contributed by atoms with van der Waals surface area (Å²) in [5, 5.41) is 0. The van der Waals surface area contributed by atoms with Crippen molar-refractivity contribution in [2.45, 2.75) is 40.7 Å². The fourth-order valence-electron chi connectivity index (χ4n) is 2.26. The van der Waals surface area contributed by atoms with Gasteiger partial charge in [-0.15, -0.1) is 0 Å². The van der Waals surface area contributed by atoms with Crippen LogP contribution in [0.25, 0.3) is 0 Å². The van der Waals surface area contributed by atoms with Crippen molar-refractivity contribution in [3.63, 3.8) is 0 Å². The first-order valence-corrected chi connectivity index (χ1v) is 7.46. The fraction of sp³-hybridized carbons (Fsp3) is 0.867. The van der Waals surface area contributed by atoms with Gasteiger partial charge in [-0.05, 0) is 34.6 Å². The van der Waals surface area contributed by atoms with E-state index in [1.54, 1.807) is 20.8 Å². The molecule has 5 nitrogen and oxygen atoms in total. The van der Waals surface area contributed by atoms with Crippen molar-refractivity contribution >= 4 is 11.8 Å². The number of hydrogen-bond donors (Lipinski definition) is 0. The van der Waals surface area contributed by atoms with Crippen LogP contribution >= 0.6 is 0 Å². The van der Waals surface area contributed by atoms with Crippen LogP contribution in [0, 0.1) is 5.41 Å². The molecule has 1 aliphatic heterocycles. The Morgan fingerprint density at radius 1 is 1.15 bits per heavy atom. The van der Waals surface area contributed by atoms with Gasteiger partial charge in [0.15, 0.2) is 5.78 Å². The number of hydrogen-bond acceptors (Lipinski definition) is 5. The summed E-state index contributed by atoms with van der Waals surface area (Å²) in [7, 11) is 0. The summed E-state index contributed by atoms with van der Waals surface area (Å²) in [5.41, 5.74) is -1.05. The molecule has 0 aliphatic carbocycles. The van der Waals surface area contributed by atoms with Crippen molar-refractivity contribution < 1.29 is 14.3 Å². The third-order valence-electron chi connectivity index (χ3n) is 3.99. The van der Waals surface area contributed by atoms with Crippen LogP contribution in [-0.2, 0) is 14.3 Å². The lowest BCUT2D eigenvalue weighted by Gasteiger charge is -2.37. The topological polar surface area (TPSA) is 49.9 Å². The van der Waals surface area contributed by atoms with Crippen LogP contribution < -0.4 is 0 Å². The maximum atomic E-state index is 12.3. The zero-order valence-electron chi connectivity index (χ0n) is 13.4. The predicted molar refractivity (Wildman–Crippen MR) is 78.6 cm³/mol. The first-order valence-electron chi connectivity index (χ1n) is 7.46. The molecule has 0 aromatic carbocycles. The lowest BCUT2D eigenvalue weighted by Crippen LogP contribution is -2.51. The highest BCUT2D eigenvalue weighted by molar-refractivity contribution is 6.03. The van der Waals surface area contributed by atoms with E-state index in [1.807, 2.05) is 0 Å². The van der Waals surface area contributed by atoms with Gasteiger partial charge in [-0.2, -0.15) is 0 Å². The third-order valence-corrected chi connectivity index (χ3v) is 3.99. The Morgan fingerprint density at radius 2 is 1.70 bits per heavy atom. The maximum Gasteiger partial charge on any atom is 0.319 e. The Bertz CT molecular complexity index is 345. The Morgan fingerprint density at radius 3 is 2.15 bits per heavy atom. The molecular formula is C15H28N2O3. The van der Waals surface area contributed by atoms with Gasteiger partial charge in [-0.3, -0.25) is 19.4 Å². The van der Waals surface area contributed by atoms with Gasteiger partial charge in [0.25, 0.3) is 0 Å². The molecule has 0 atom stereocenters. The Balaban J connectivity index is 2.49. The highest BCUT2D eigenvalue weighted by atomic mass is 16.5. The molecule has 20 heavy (non-hydrogen) atoms. The van der Waals surface area contributed by atoms with E-state index >= 15 is 0 Å². The number of carbonyl (C=O) groups is 2. The summed E-state index contributed by atoms with van der Waals surface area (Å²) in [4.78, 5) is 28.7. The number of Topliss-reactive ketones (excluding diaryl/α,β-unsaturated/α-hetero) is 1. The van der Waals surface area contributed by atoms with Crippen LogP contribution in [0.3, 0.4) is 0 Å². The summed E-state index contributed by atoms with van der Waals surface area (Å²) in [5.74, 6) is -0.486. The fourth-order valence-corrected chi connectivity index (χ4v) is 2.26. The van der Waals surface area contributed by atoms with Crippen LogP contribution in [-0.4, -0.2) is 66.9 Å². The lowest BCUT2D eigenvalue weighted by atomic mass is 9.87. The Labute approximate surface area is 122 Å². The number of carbonyl (C=O) groups excluding carboxylic acids is 2. The Kier molecular flexibility index (Phi) is 6.14. The van der Waals surface area contributed by atoms with Gasteiger partial charge in [0, 0.05) is 32.2 Å². The molecule has 5 heteroatoms. The van der Waals surface area contributed by atoms with Crippen molar-refractivity contribution in [1.82, 2.24) is 9.80 Å². The molecule has 0 spiro atoms. The smallest absolute Gasteiger partial charge is 0.319 e. The first-order chi connectivity index (χ1) is 9.28. The second-order valence-electron chi connectivity index (χ2n) is 6.17. The van der Waals surface area contributed by atoms with Gasteiger partial charge >= 0.3 is 5.97 Å². The minimum atomic E-state index is -1.05. The molecule has 1 saturated heterocycles. The summed E-state index contributed by atoms with van der Waals surface area (Å²) < 4.78 is 4.98. The van der Waals surface area contributed by atoms with Gasteiger partial charge in [0.05, 0.1) is 13.2 Å². The molecule has 1 aliphatic rings. The van der Waals surface area contributed by atoms with Gasteiger partial charge in [0.2, 0.25) is 0 Å². The van der Waals surface area contributed by atoms with Crippen LogP contribution in [0.2, 0.25) is 0 Å². The van der Waals surface area contributed by atoms with Crippen molar-refractivity contribution in [3.05, 3.63) is 0 Å². The Hall–Kier alpha value is -0.940. The van der Waals surface area contributed by atoms with Crippen LogP contribution in [0.15, 0.2) is 0 Å². The van der Waals surface area contributed by atoms with E-state index in [1.165, 1.54) is 0 Å². The number of ether oxygens (including phenoxy) is 1. The van der Waals surface area contributed by atoms with Gasteiger partial charge in [0.1, 0.15) is 5.41 Å². The first kappa shape index (κ1) is 17.1. The number of nitrogens with zero attached hydrogens (tertiary/aromatic N) is 2. The van der Waals surface area contributed by atoms with Gasteiger partial charge < -0.3 is 4.74 Å². The number of piperazine rings is 1. The van der Waals surface area contributed by atoms with E-state index in [0.717, 1.165) is 26.2 Å². The minimum Gasteiger partial charge on any atom is -0.465 e. The van der Waals surface area contributed by atoms with Gasteiger partial charge in [-0.1, -0.05) is 0 Å². The van der Waals surface area contributed by atoms with Crippen molar-refractivity contribution in [2.75, 3.05) is 39.3 Å². The zero-order valence-corrected chi connectivity index (χ0v) is 13.4. The normalized spacial score (nSPS) is 18.3. The zero-order chi connectivity index (χ0) is 15.3. The summed E-state index contributed by atoms with van der Waals surface area (Å²) in [6.45, 7) is 13.8. The molecule has 0 amide bonds. The predicted octanol–water partition coefficient (Wildman–Crippen LogP) is 1.17. The highest BCUT2D eigenvalue weighted by Crippen LogP contribution is 2.20. The second-order valence-corrected chi connectivity index (χ2v) is 6.17. The van der Waals surface area contributed by atoms with E-state index in [9.17, 15) is 9.59 Å². The van der Waals surface area contributed by atoms with E-state index in [-0.39, 0.29) is 5.78 Å². The number of ketones is 1. The molecule has 116 valence electrons. The maximum absolute atomic E-state index is 12.3. The molecule has 0 N–H and O–H groups in total. The monoisotopic (exact) mass is 284 g/mol. The van der Waals surface area contributed by atoms with Crippen LogP contribution in [0.1, 0.15) is 34.6 Å². The molecule has 0 aromatic rings. The number of esters is 1. The van der Waals surface area contributed by atoms with E-state index in [0.29, 0.717) is 19.2 Å². The third kappa shape index (κ3) is 4.28. The van der Waals surface area contributed by atoms with Crippen LogP contribution in [0.5, 0.6) is 0 Å². The van der Waals surface area contributed by atoms with Crippen LogP contribution in [0.4, 0.5) is 0 Å². The van der Waals surface area contributed by atoms with E-state index in [2.05, 4.69) is 23.6 Å². The van der Waals surface area contributed by atoms with Crippen molar-refractivity contribution in [3.8, 4) is 0 Å². The van der Waals surface area contributed by atoms with Gasteiger partial charge in [-0.25, -0.2) is 0 Å². The molecule has 0 radical (unpaired) electrons. The number of rotatable bonds is 6. The molecule has 1 rings (SSSR count). The summed E-state index contributed by atoms with van der Waals surface area (Å²) in [6, 6.07) is 0.545. The molecular weight excluding hydrogens is 256 g/mol. The standard InChI is InChI=1S/C15H28N2O3/c1-6-20-14(19)15(4,5)13(18)11-16-7-9-17(10-8-16)12(2)3/h12H,6-11H2,1-5H3. The average Bonchev–Trinajstić information content (AvgIpc) is 2.39. The largest absolute Gasteiger partial charge is 0.465 e. The summed E-state index contributed by atoms with van der Waals surface area (Å²) >= 11 is 0. The molecule has 0 aromatic heterocycles. The molecule has 1 fully saturated rings. The molecule has 0 bridgehead atoms. The SMILES string of the molecule is CCOC(=O)C(C)(C)C(=O)CN1CCN(C(C)C)CC1. The van der Waals surface area contributed by atoms with Crippen molar-refractivity contribution in [1.29, 1.82) is 0 Å². The molecule has 0 unspecified atom stereocenters.